The molecule has 1 aliphatic heterocycles. The molecule has 0 saturated heterocycles. The maximum atomic E-state index is 12.1. The predicted octanol–water partition coefficient (Wildman–Crippen LogP) is 0.794. The van der Waals surface area contributed by atoms with Crippen molar-refractivity contribution in [3.05, 3.63) is 23.4 Å². The first-order valence-corrected chi connectivity index (χ1v) is 5.32. The van der Waals surface area contributed by atoms with Crippen LogP contribution in [0.3, 0.4) is 0 Å². The number of hydrogen-bond acceptors (Lipinski definition) is 3. The standard InChI is InChI=1S/C11H16N4O/c1-8-3-5-15(6-4-8)11(16)9-7-13-14(2)10(9)12/h3,7H,4-6,12H2,1-2H3. The van der Waals surface area contributed by atoms with E-state index in [9.17, 15) is 4.79 Å². The first-order chi connectivity index (χ1) is 7.59. The van der Waals surface area contributed by atoms with Gasteiger partial charge in [-0.05, 0) is 13.3 Å². The van der Waals surface area contributed by atoms with E-state index >= 15 is 0 Å². The fourth-order valence-corrected chi connectivity index (χ4v) is 1.74. The van der Waals surface area contributed by atoms with Gasteiger partial charge in [0.1, 0.15) is 11.4 Å². The zero-order valence-electron chi connectivity index (χ0n) is 9.60. The van der Waals surface area contributed by atoms with Crippen LogP contribution in [0.25, 0.3) is 0 Å². The number of carbonyl (C=O) groups is 1. The highest BCUT2D eigenvalue weighted by Crippen LogP contribution is 2.16. The summed E-state index contributed by atoms with van der Waals surface area (Å²) in [6, 6.07) is 0. The van der Waals surface area contributed by atoms with Gasteiger partial charge >= 0.3 is 0 Å². The van der Waals surface area contributed by atoms with Crippen LogP contribution < -0.4 is 5.73 Å². The molecule has 0 radical (unpaired) electrons. The summed E-state index contributed by atoms with van der Waals surface area (Å²) in [7, 11) is 1.73. The molecular formula is C11H16N4O. The average Bonchev–Trinajstić information content (AvgIpc) is 2.60. The summed E-state index contributed by atoms with van der Waals surface area (Å²) >= 11 is 0. The smallest absolute Gasteiger partial charge is 0.259 e. The Morgan fingerprint density at radius 2 is 2.31 bits per heavy atom. The van der Waals surface area contributed by atoms with Gasteiger partial charge in [0.05, 0.1) is 6.20 Å². The molecule has 16 heavy (non-hydrogen) atoms. The normalized spacial score (nSPS) is 16.1. The van der Waals surface area contributed by atoms with E-state index in [1.165, 1.54) is 16.5 Å². The van der Waals surface area contributed by atoms with Gasteiger partial charge in [0.25, 0.3) is 5.91 Å². The number of aromatic nitrogens is 2. The maximum Gasteiger partial charge on any atom is 0.259 e. The van der Waals surface area contributed by atoms with E-state index in [1.807, 2.05) is 0 Å². The van der Waals surface area contributed by atoms with E-state index < -0.39 is 0 Å². The van der Waals surface area contributed by atoms with E-state index in [0.29, 0.717) is 17.9 Å². The summed E-state index contributed by atoms with van der Waals surface area (Å²) in [5, 5.41) is 3.98. The third-order valence-corrected chi connectivity index (χ3v) is 2.94. The third-order valence-electron chi connectivity index (χ3n) is 2.94. The molecule has 0 aromatic carbocycles. The van der Waals surface area contributed by atoms with E-state index in [2.05, 4.69) is 18.1 Å². The monoisotopic (exact) mass is 220 g/mol. The summed E-state index contributed by atoms with van der Waals surface area (Å²) < 4.78 is 1.51. The number of carbonyl (C=O) groups excluding carboxylic acids is 1. The topological polar surface area (TPSA) is 64.2 Å². The van der Waals surface area contributed by atoms with Gasteiger partial charge in [0.2, 0.25) is 0 Å². The molecule has 0 fully saturated rings. The van der Waals surface area contributed by atoms with Crippen LogP contribution in [-0.4, -0.2) is 33.7 Å². The van der Waals surface area contributed by atoms with Crippen molar-refractivity contribution in [3.63, 3.8) is 0 Å². The highest BCUT2D eigenvalue weighted by Gasteiger charge is 2.21. The lowest BCUT2D eigenvalue weighted by Gasteiger charge is -2.25. The Balaban J connectivity index is 2.17. The summed E-state index contributed by atoms with van der Waals surface area (Å²) in [5.41, 5.74) is 7.61. The first-order valence-electron chi connectivity index (χ1n) is 5.32. The lowest BCUT2D eigenvalue weighted by molar-refractivity contribution is 0.0770. The molecule has 0 aliphatic carbocycles. The molecule has 0 saturated carbocycles. The Hall–Kier alpha value is -1.78. The average molecular weight is 220 g/mol. The van der Waals surface area contributed by atoms with Gasteiger partial charge in [-0.15, -0.1) is 0 Å². The van der Waals surface area contributed by atoms with Crippen LogP contribution in [0.15, 0.2) is 17.8 Å². The molecule has 0 bridgehead atoms. The molecule has 86 valence electrons. The Labute approximate surface area is 94.5 Å². The molecule has 1 aromatic heterocycles. The van der Waals surface area contributed by atoms with Crippen molar-refractivity contribution in [3.8, 4) is 0 Å². The molecule has 1 aliphatic rings. The Bertz CT molecular complexity index is 447. The van der Waals surface area contributed by atoms with Gasteiger partial charge in [-0.25, -0.2) is 0 Å². The minimum atomic E-state index is -0.0330. The number of anilines is 1. The second-order valence-corrected chi connectivity index (χ2v) is 4.12. The first kappa shape index (κ1) is 10.7. The predicted molar refractivity (Wildman–Crippen MR) is 61.9 cm³/mol. The molecule has 2 heterocycles. The Morgan fingerprint density at radius 1 is 1.56 bits per heavy atom. The van der Waals surface area contributed by atoms with Crippen LogP contribution in [0.2, 0.25) is 0 Å². The molecule has 1 amide bonds. The van der Waals surface area contributed by atoms with Crippen molar-refractivity contribution in [1.29, 1.82) is 0 Å². The number of amides is 1. The SMILES string of the molecule is CC1=CCN(C(=O)c2cnn(C)c2N)CC1. The van der Waals surface area contributed by atoms with Crippen molar-refractivity contribution in [2.75, 3.05) is 18.8 Å². The zero-order valence-corrected chi connectivity index (χ0v) is 9.60. The fraction of sp³-hybridized carbons (Fsp3) is 0.455. The van der Waals surface area contributed by atoms with Crippen molar-refractivity contribution in [2.24, 2.45) is 7.05 Å². The number of rotatable bonds is 1. The fourth-order valence-electron chi connectivity index (χ4n) is 1.74. The highest BCUT2D eigenvalue weighted by molar-refractivity contribution is 5.98. The minimum absolute atomic E-state index is 0.0330. The largest absolute Gasteiger partial charge is 0.383 e. The molecule has 2 rings (SSSR count). The highest BCUT2D eigenvalue weighted by atomic mass is 16.2. The Morgan fingerprint density at radius 3 is 2.81 bits per heavy atom. The van der Waals surface area contributed by atoms with Gasteiger partial charge < -0.3 is 10.6 Å². The van der Waals surface area contributed by atoms with Crippen molar-refractivity contribution in [1.82, 2.24) is 14.7 Å². The number of nitrogens with two attached hydrogens (primary N) is 1. The van der Waals surface area contributed by atoms with Crippen LogP contribution >= 0.6 is 0 Å². The molecule has 5 heteroatoms. The van der Waals surface area contributed by atoms with Gasteiger partial charge in [-0.3, -0.25) is 9.48 Å². The van der Waals surface area contributed by atoms with Crippen LogP contribution in [0.1, 0.15) is 23.7 Å². The van der Waals surface area contributed by atoms with E-state index in [1.54, 1.807) is 11.9 Å². The lowest BCUT2D eigenvalue weighted by Crippen LogP contribution is -2.34. The quantitative estimate of drug-likeness (QED) is 0.712. The molecule has 0 unspecified atom stereocenters. The summed E-state index contributed by atoms with van der Waals surface area (Å²) in [6.07, 6.45) is 4.54. The molecule has 0 spiro atoms. The third kappa shape index (κ3) is 1.80. The van der Waals surface area contributed by atoms with E-state index in [4.69, 9.17) is 5.73 Å². The van der Waals surface area contributed by atoms with Crippen LogP contribution in [0.5, 0.6) is 0 Å². The number of hydrogen-bond donors (Lipinski definition) is 1. The van der Waals surface area contributed by atoms with Crippen LogP contribution in [0, 0.1) is 0 Å². The van der Waals surface area contributed by atoms with Crippen molar-refractivity contribution >= 4 is 11.7 Å². The molecule has 2 N–H and O–H groups in total. The number of aryl methyl sites for hydroxylation is 1. The Kier molecular flexibility index (Phi) is 2.68. The van der Waals surface area contributed by atoms with Gasteiger partial charge in [0, 0.05) is 20.1 Å². The lowest BCUT2D eigenvalue weighted by atomic mass is 10.1. The number of nitrogens with zero attached hydrogens (tertiary/aromatic N) is 3. The van der Waals surface area contributed by atoms with E-state index in [-0.39, 0.29) is 5.91 Å². The van der Waals surface area contributed by atoms with Gasteiger partial charge in [-0.2, -0.15) is 5.10 Å². The van der Waals surface area contributed by atoms with Gasteiger partial charge in [0.15, 0.2) is 0 Å². The van der Waals surface area contributed by atoms with Gasteiger partial charge in [-0.1, -0.05) is 11.6 Å². The second-order valence-electron chi connectivity index (χ2n) is 4.12. The zero-order chi connectivity index (χ0) is 11.7. The summed E-state index contributed by atoms with van der Waals surface area (Å²) in [5.74, 6) is 0.394. The van der Waals surface area contributed by atoms with Crippen molar-refractivity contribution in [2.45, 2.75) is 13.3 Å². The molecule has 1 aromatic rings. The van der Waals surface area contributed by atoms with E-state index in [0.717, 1.165) is 13.0 Å². The molecular weight excluding hydrogens is 204 g/mol. The van der Waals surface area contributed by atoms with Crippen molar-refractivity contribution < 1.29 is 4.79 Å². The van der Waals surface area contributed by atoms with Crippen LogP contribution in [-0.2, 0) is 7.05 Å². The second kappa shape index (κ2) is 4.00. The summed E-state index contributed by atoms with van der Waals surface area (Å²) in [6.45, 7) is 3.51. The molecule has 5 nitrogen and oxygen atoms in total. The maximum absolute atomic E-state index is 12.1. The number of nitrogen functional groups attached to an aromatic ring is 1. The van der Waals surface area contributed by atoms with Crippen LogP contribution in [0.4, 0.5) is 5.82 Å². The molecule has 0 atom stereocenters. The minimum Gasteiger partial charge on any atom is -0.383 e. The summed E-state index contributed by atoms with van der Waals surface area (Å²) in [4.78, 5) is 13.9.